The average Bonchev–Trinajstić information content (AvgIpc) is 3.39. The van der Waals surface area contributed by atoms with E-state index in [1.165, 1.54) is 0 Å². The lowest BCUT2D eigenvalue weighted by atomic mass is 10.0. The molecule has 0 spiro atoms. The van der Waals surface area contributed by atoms with Crippen LogP contribution in [0.5, 0.6) is 0 Å². The Bertz CT molecular complexity index is 1150. The molecule has 3 aromatic heterocycles. The fraction of sp³-hybridized carbons (Fsp3) is 0.304. The third-order valence-corrected chi connectivity index (χ3v) is 5.14. The van der Waals surface area contributed by atoms with Gasteiger partial charge < -0.3 is 9.32 Å². The third-order valence-electron chi connectivity index (χ3n) is 5.14. The van der Waals surface area contributed by atoms with Gasteiger partial charge in [-0.15, -0.1) is 0 Å². The highest BCUT2D eigenvalue weighted by Crippen LogP contribution is 2.28. The molecule has 0 bridgehead atoms. The van der Waals surface area contributed by atoms with E-state index < -0.39 is 0 Å². The van der Waals surface area contributed by atoms with Crippen LogP contribution in [0.2, 0.25) is 0 Å². The Kier molecular flexibility index (Phi) is 5.35. The minimum atomic E-state index is -0.0246. The van der Waals surface area contributed by atoms with Crippen molar-refractivity contribution in [1.82, 2.24) is 24.6 Å². The number of hydrogen-bond acceptors (Lipinski definition) is 5. The lowest BCUT2D eigenvalue weighted by molar-refractivity contribution is 0.0771. The van der Waals surface area contributed by atoms with Crippen molar-refractivity contribution < 1.29 is 9.21 Å². The number of carbonyl (C=O) groups excluding carboxylic acids is 1. The predicted octanol–water partition coefficient (Wildman–Crippen LogP) is 4.68. The summed E-state index contributed by atoms with van der Waals surface area (Å²) in [6.45, 7) is 9.32. The lowest BCUT2D eigenvalue weighted by Crippen LogP contribution is -2.31. The molecule has 7 nitrogen and oxygen atoms in total. The molecular weight excluding hydrogens is 378 g/mol. The summed E-state index contributed by atoms with van der Waals surface area (Å²) in [5.74, 6) is 1.12. The summed E-state index contributed by atoms with van der Waals surface area (Å²) in [5, 5.41) is 5.49. The molecule has 0 atom stereocenters. The van der Waals surface area contributed by atoms with Crippen LogP contribution in [-0.4, -0.2) is 43.6 Å². The number of amides is 1. The number of carbonyl (C=O) groups is 1. The molecule has 0 saturated heterocycles. The summed E-state index contributed by atoms with van der Waals surface area (Å²) < 4.78 is 7.61. The van der Waals surface area contributed by atoms with E-state index in [-0.39, 0.29) is 11.8 Å². The van der Waals surface area contributed by atoms with E-state index in [4.69, 9.17) is 4.42 Å². The number of furan rings is 1. The van der Waals surface area contributed by atoms with Crippen LogP contribution in [0.4, 0.5) is 0 Å². The van der Waals surface area contributed by atoms with E-state index in [0.29, 0.717) is 36.1 Å². The second-order valence-electron chi connectivity index (χ2n) is 7.38. The fourth-order valence-electron chi connectivity index (χ4n) is 3.61. The molecular formula is C23H25N5O2. The molecule has 0 N–H and O–H groups in total. The van der Waals surface area contributed by atoms with Gasteiger partial charge in [-0.25, -0.2) is 14.6 Å². The zero-order valence-corrected chi connectivity index (χ0v) is 17.7. The largest absolute Gasteiger partial charge is 0.454 e. The van der Waals surface area contributed by atoms with Crippen LogP contribution >= 0.6 is 0 Å². The number of fused-ring (bicyclic) bond motifs is 1. The number of rotatable bonds is 6. The van der Waals surface area contributed by atoms with Crippen LogP contribution in [-0.2, 0) is 0 Å². The minimum absolute atomic E-state index is 0.0246. The second-order valence-corrected chi connectivity index (χ2v) is 7.38. The van der Waals surface area contributed by atoms with E-state index in [0.717, 1.165) is 16.7 Å². The van der Waals surface area contributed by atoms with E-state index in [9.17, 15) is 4.79 Å². The van der Waals surface area contributed by atoms with Crippen LogP contribution in [0.25, 0.3) is 28.4 Å². The van der Waals surface area contributed by atoms with Crippen LogP contribution in [0.3, 0.4) is 0 Å². The Morgan fingerprint density at radius 1 is 1.17 bits per heavy atom. The van der Waals surface area contributed by atoms with Crippen molar-refractivity contribution in [1.29, 1.82) is 0 Å². The first-order valence-electron chi connectivity index (χ1n) is 10.2. The summed E-state index contributed by atoms with van der Waals surface area (Å²) >= 11 is 0. The fourth-order valence-corrected chi connectivity index (χ4v) is 3.61. The highest BCUT2D eigenvalue weighted by molar-refractivity contribution is 5.95. The van der Waals surface area contributed by atoms with Gasteiger partial charge in [-0.3, -0.25) is 4.79 Å². The molecule has 0 aliphatic rings. The van der Waals surface area contributed by atoms with E-state index >= 15 is 0 Å². The van der Waals surface area contributed by atoms with Crippen molar-refractivity contribution in [3.8, 4) is 17.4 Å². The van der Waals surface area contributed by atoms with E-state index in [1.54, 1.807) is 22.0 Å². The Morgan fingerprint density at radius 2 is 1.93 bits per heavy atom. The van der Waals surface area contributed by atoms with Gasteiger partial charge in [0.1, 0.15) is 11.3 Å². The molecule has 0 aliphatic heterocycles. The van der Waals surface area contributed by atoms with Crippen LogP contribution in [0, 0.1) is 0 Å². The molecule has 0 saturated carbocycles. The highest BCUT2D eigenvalue weighted by Gasteiger charge is 2.24. The molecule has 7 heteroatoms. The molecule has 0 radical (unpaired) electrons. The highest BCUT2D eigenvalue weighted by atomic mass is 16.3. The number of nitrogens with zero attached hydrogens (tertiary/aromatic N) is 5. The molecule has 4 rings (SSSR count). The average molecular weight is 403 g/mol. The smallest absolute Gasteiger partial charge is 0.257 e. The zero-order valence-electron chi connectivity index (χ0n) is 17.7. The summed E-state index contributed by atoms with van der Waals surface area (Å²) in [5.41, 5.74) is 2.86. The van der Waals surface area contributed by atoms with Crippen molar-refractivity contribution >= 4 is 16.9 Å². The molecule has 4 aromatic rings. The van der Waals surface area contributed by atoms with Gasteiger partial charge in [0.25, 0.3) is 11.9 Å². The second kappa shape index (κ2) is 8.10. The Balaban J connectivity index is 1.77. The number of para-hydroxylation sites is 1. The molecule has 0 aliphatic carbocycles. The van der Waals surface area contributed by atoms with Crippen LogP contribution in [0.15, 0.2) is 53.2 Å². The van der Waals surface area contributed by atoms with Gasteiger partial charge in [0.15, 0.2) is 5.76 Å². The van der Waals surface area contributed by atoms with Crippen molar-refractivity contribution in [2.45, 2.75) is 33.6 Å². The monoisotopic (exact) mass is 403 g/mol. The normalized spacial score (nSPS) is 11.4. The molecule has 0 fully saturated rings. The van der Waals surface area contributed by atoms with Crippen molar-refractivity contribution in [2.24, 2.45) is 0 Å². The Morgan fingerprint density at radius 3 is 2.63 bits per heavy atom. The first-order valence-corrected chi connectivity index (χ1v) is 10.2. The predicted molar refractivity (Wildman–Crippen MR) is 116 cm³/mol. The SMILES string of the molecule is CCN(CC)C(=O)c1cnn(-c2nccc(-c3cc4ccccc4o3)n2)c1C(C)C. The topological polar surface area (TPSA) is 77.0 Å². The van der Waals surface area contributed by atoms with Gasteiger partial charge in [-0.2, -0.15) is 5.10 Å². The van der Waals surface area contributed by atoms with Crippen molar-refractivity contribution in [3.05, 3.63) is 60.0 Å². The van der Waals surface area contributed by atoms with Crippen LogP contribution < -0.4 is 0 Å². The van der Waals surface area contributed by atoms with Gasteiger partial charge in [0.2, 0.25) is 0 Å². The van der Waals surface area contributed by atoms with Gasteiger partial charge in [-0.05, 0) is 38.0 Å². The Labute approximate surface area is 175 Å². The zero-order chi connectivity index (χ0) is 21.3. The first kappa shape index (κ1) is 19.8. The maximum Gasteiger partial charge on any atom is 0.257 e. The Hall–Kier alpha value is -3.48. The van der Waals surface area contributed by atoms with Gasteiger partial charge in [0, 0.05) is 24.7 Å². The maximum atomic E-state index is 13.0. The molecule has 1 amide bonds. The molecule has 0 unspecified atom stereocenters. The number of hydrogen-bond donors (Lipinski definition) is 0. The van der Waals surface area contributed by atoms with Gasteiger partial charge in [-0.1, -0.05) is 32.0 Å². The first-order chi connectivity index (χ1) is 14.5. The number of aromatic nitrogens is 4. The van der Waals surface area contributed by atoms with Crippen LogP contribution in [0.1, 0.15) is 49.7 Å². The number of benzene rings is 1. The molecule has 1 aromatic carbocycles. The standard InChI is InChI=1S/C23H25N5O2/c1-5-27(6-2)22(29)17-14-25-28(21(17)15(3)4)23-24-12-11-18(26-23)20-13-16-9-7-8-10-19(16)30-20/h7-15H,5-6H2,1-4H3. The van der Waals surface area contributed by atoms with E-state index in [2.05, 4.69) is 15.1 Å². The molecule has 3 heterocycles. The lowest BCUT2D eigenvalue weighted by Gasteiger charge is -2.19. The summed E-state index contributed by atoms with van der Waals surface area (Å²) in [4.78, 5) is 23.9. The van der Waals surface area contributed by atoms with Crippen molar-refractivity contribution in [3.63, 3.8) is 0 Å². The van der Waals surface area contributed by atoms with Gasteiger partial charge in [0.05, 0.1) is 17.5 Å². The molecule has 154 valence electrons. The summed E-state index contributed by atoms with van der Waals surface area (Å²) in [7, 11) is 0. The molecule has 30 heavy (non-hydrogen) atoms. The van der Waals surface area contributed by atoms with E-state index in [1.807, 2.05) is 64.1 Å². The summed E-state index contributed by atoms with van der Waals surface area (Å²) in [6.07, 6.45) is 3.30. The van der Waals surface area contributed by atoms with Crippen molar-refractivity contribution in [2.75, 3.05) is 13.1 Å². The maximum absolute atomic E-state index is 13.0. The quantitative estimate of drug-likeness (QED) is 0.467. The third kappa shape index (κ3) is 3.47. The minimum Gasteiger partial charge on any atom is -0.454 e. The summed E-state index contributed by atoms with van der Waals surface area (Å²) in [6, 6.07) is 11.6. The van der Waals surface area contributed by atoms with Gasteiger partial charge >= 0.3 is 0 Å².